The van der Waals surface area contributed by atoms with E-state index in [2.05, 4.69) is 34.6 Å². The summed E-state index contributed by atoms with van der Waals surface area (Å²) in [4.78, 5) is 6.90. The third-order valence-corrected chi connectivity index (χ3v) is 3.47. The Bertz CT molecular complexity index is 293. The van der Waals surface area contributed by atoms with Crippen LogP contribution in [0.4, 0.5) is 5.13 Å². The molecule has 78 valence electrons. The van der Waals surface area contributed by atoms with Gasteiger partial charge in [0.2, 0.25) is 0 Å². The number of nitrogens with zero attached hydrogens (tertiary/aromatic N) is 2. The molecule has 0 radical (unpaired) electrons. The minimum Gasteiger partial charge on any atom is -0.348 e. The molecule has 0 spiro atoms. The number of rotatable bonds is 5. The number of nitrogens with one attached hydrogen (secondary N) is 1. The van der Waals surface area contributed by atoms with Crippen LogP contribution in [0.2, 0.25) is 0 Å². The van der Waals surface area contributed by atoms with Crippen LogP contribution in [0.1, 0.15) is 25.5 Å². The number of hydrogen-bond donors (Lipinski definition) is 1. The molecule has 1 aromatic rings. The maximum atomic E-state index is 4.59. The summed E-state index contributed by atoms with van der Waals surface area (Å²) in [6.07, 6.45) is 2.66. The average Bonchev–Trinajstić information content (AvgIpc) is 2.94. The van der Waals surface area contributed by atoms with Crippen LogP contribution in [-0.2, 0) is 6.54 Å². The summed E-state index contributed by atoms with van der Waals surface area (Å²) in [5.41, 5.74) is 1.17. The summed E-state index contributed by atoms with van der Waals surface area (Å²) >= 11 is 1.75. The maximum Gasteiger partial charge on any atom is 0.185 e. The van der Waals surface area contributed by atoms with Gasteiger partial charge in [0, 0.05) is 25.0 Å². The Hall–Kier alpha value is -0.610. The summed E-state index contributed by atoms with van der Waals surface area (Å²) in [7, 11) is 2.15. The van der Waals surface area contributed by atoms with Crippen molar-refractivity contribution < 1.29 is 0 Å². The number of thiazole rings is 1. The van der Waals surface area contributed by atoms with E-state index in [0.29, 0.717) is 0 Å². The molecule has 4 heteroatoms. The van der Waals surface area contributed by atoms with Crippen LogP contribution in [0.5, 0.6) is 0 Å². The zero-order valence-electron chi connectivity index (χ0n) is 8.79. The number of aromatic nitrogens is 1. The minimum absolute atomic E-state index is 0.758. The van der Waals surface area contributed by atoms with Gasteiger partial charge in [-0.3, -0.25) is 0 Å². The third-order valence-electron chi connectivity index (χ3n) is 2.49. The van der Waals surface area contributed by atoms with Crippen molar-refractivity contribution in [2.24, 2.45) is 0 Å². The molecule has 2 rings (SSSR count). The quantitative estimate of drug-likeness (QED) is 0.805. The van der Waals surface area contributed by atoms with E-state index in [0.717, 1.165) is 19.1 Å². The lowest BCUT2D eigenvalue weighted by Crippen LogP contribution is -2.19. The Morgan fingerprint density at radius 3 is 3.07 bits per heavy atom. The van der Waals surface area contributed by atoms with Crippen LogP contribution < -0.4 is 10.2 Å². The van der Waals surface area contributed by atoms with Crippen LogP contribution in [-0.4, -0.2) is 24.6 Å². The second-order valence-electron chi connectivity index (χ2n) is 3.74. The van der Waals surface area contributed by atoms with Gasteiger partial charge >= 0.3 is 0 Å². The molecule has 1 aromatic heterocycles. The van der Waals surface area contributed by atoms with Crippen molar-refractivity contribution in [3.63, 3.8) is 0 Å². The average molecular weight is 211 g/mol. The number of hydrogen-bond acceptors (Lipinski definition) is 4. The van der Waals surface area contributed by atoms with Crippen LogP contribution >= 0.6 is 11.3 Å². The molecule has 0 aromatic carbocycles. The molecule has 0 aliphatic heterocycles. The number of anilines is 1. The van der Waals surface area contributed by atoms with Gasteiger partial charge in [0.1, 0.15) is 0 Å². The SMILES string of the molecule is CCNCc1csc(N(C)C2CC2)n1. The van der Waals surface area contributed by atoms with Crippen molar-refractivity contribution in [2.45, 2.75) is 32.4 Å². The third kappa shape index (κ3) is 2.25. The maximum absolute atomic E-state index is 4.59. The summed E-state index contributed by atoms with van der Waals surface area (Å²) in [6.45, 7) is 4.01. The Morgan fingerprint density at radius 1 is 1.64 bits per heavy atom. The summed E-state index contributed by atoms with van der Waals surface area (Å²) < 4.78 is 0. The molecule has 1 heterocycles. The lowest BCUT2D eigenvalue weighted by molar-refractivity contribution is 0.713. The highest BCUT2D eigenvalue weighted by Gasteiger charge is 2.27. The molecule has 1 saturated carbocycles. The van der Waals surface area contributed by atoms with Crippen molar-refractivity contribution in [1.82, 2.24) is 10.3 Å². The standard InChI is InChI=1S/C10H17N3S/c1-3-11-6-8-7-14-10(12-8)13(2)9-4-5-9/h7,9,11H,3-6H2,1-2H3. The lowest BCUT2D eigenvalue weighted by atomic mass is 10.5. The predicted molar refractivity (Wildman–Crippen MR) is 60.9 cm³/mol. The molecule has 0 atom stereocenters. The molecule has 1 aliphatic rings. The van der Waals surface area contributed by atoms with Crippen molar-refractivity contribution in [3.05, 3.63) is 11.1 Å². The van der Waals surface area contributed by atoms with Gasteiger partial charge in [0.15, 0.2) is 5.13 Å². The molecule has 1 aliphatic carbocycles. The van der Waals surface area contributed by atoms with Gasteiger partial charge in [-0.2, -0.15) is 0 Å². The summed E-state index contributed by atoms with van der Waals surface area (Å²) in [5, 5.41) is 6.60. The van der Waals surface area contributed by atoms with Gasteiger partial charge in [0.25, 0.3) is 0 Å². The van der Waals surface area contributed by atoms with Gasteiger partial charge in [-0.1, -0.05) is 6.92 Å². The zero-order chi connectivity index (χ0) is 9.97. The molecular weight excluding hydrogens is 194 g/mol. The van der Waals surface area contributed by atoms with Crippen molar-refractivity contribution >= 4 is 16.5 Å². The fraction of sp³-hybridized carbons (Fsp3) is 0.700. The van der Waals surface area contributed by atoms with Gasteiger partial charge in [-0.05, 0) is 19.4 Å². The van der Waals surface area contributed by atoms with E-state index < -0.39 is 0 Å². The van der Waals surface area contributed by atoms with Crippen LogP contribution in [0.15, 0.2) is 5.38 Å². The van der Waals surface area contributed by atoms with E-state index in [9.17, 15) is 0 Å². The molecule has 1 N–H and O–H groups in total. The van der Waals surface area contributed by atoms with Gasteiger partial charge < -0.3 is 10.2 Å². The van der Waals surface area contributed by atoms with Crippen LogP contribution in [0.3, 0.4) is 0 Å². The zero-order valence-corrected chi connectivity index (χ0v) is 9.60. The van der Waals surface area contributed by atoms with E-state index in [4.69, 9.17) is 0 Å². The molecule has 0 unspecified atom stereocenters. The second kappa shape index (κ2) is 4.28. The fourth-order valence-electron chi connectivity index (χ4n) is 1.41. The smallest absolute Gasteiger partial charge is 0.185 e. The molecule has 3 nitrogen and oxygen atoms in total. The molecule has 14 heavy (non-hydrogen) atoms. The Morgan fingerprint density at radius 2 is 2.43 bits per heavy atom. The molecule has 0 amide bonds. The first-order chi connectivity index (χ1) is 6.81. The van der Waals surface area contributed by atoms with Crippen molar-refractivity contribution in [1.29, 1.82) is 0 Å². The minimum atomic E-state index is 0.758. The Labute approximate surface area is 89.1 Å². The molecular formula is C10H17N3S. The predicted octanol–water partition coefficient (Wildman–Crippen LogP) is 1.85. The molecule has 0 bridgehead atoms. The lowest BCUT2D eigenvalue weighted by Gasteiger charge is -2.13. The van der Waals surface area contributed by atoms with Crippen molar-refractivity contribution in [3.8, 4) is 0 Å². The first kappa shape index (κ1) is 9.93. The van der Waals surface area contributed by atoms with E-state index in [-0.39, 0.29) is 0 Å². The van der Waals surface area contributed by atoms with E-state index >= 15 is 0 Å². The van der Waals surface area contributed by atoms with E-state index in [1.807, 2.05) is 0 Å². The highest BCUT2D eigenvalue weighted by molar-refractivity contribution is 7.13. The van der Waals surface area contributed by atoms with Crippen LogP contribution in [0.25, 0.3) is 0 Å². The van der Waals surface area contributed by atoms with Gasteiger partial charge in [0.05, 0.1) is 5.69 Å². The summed E-state index contributed by atoms with van der Waals surface area (Å²) in [5.74, 6) is 0. The van der Waals surface area contributed by atoms with Crippen molar-refractivity contribution in [2.75, 3.05) is 18.5 Å². The Kier molecular flexibility index (Phi) is 3.03. The monoisotopic (exact) mass is 211 g/mol. The van der Waals surface area contributed by atoms with Gasteiger partial charge in [-0.15, -0.1) is 11.3 Å². The van der Waals surface area contributed by atoms with Gasteiger partial charge in [-0.25, -0.2) is 4.98 Å². The normalized spacial score (nSPS) is 15.9. The highest BCUT2D eigenvalue weighted by Crippen LogP contribution is 2.31. The highest BCUT2D eigenvalue weighted by atomic mass is 32.1. The summed E-state index contributed by atoms with van der Waals surface area (Å²) in [6, 6.07) is 0.758. The second-order valence-corrected chi connectivity index (χ2v) is 4.58. The van der Waals surface area contributed by atoms with E-state index in [1.165, 1.54) is 23.7 Å². The topological polar surface area (TPSA) is 28.2 Å². The fourth-order valence-corrected chi connectivity index (χ4v) is 2.27. The Balaban J connectivity index is 1.94. The van der Waals surface area contributed by atoms with Crippen LogP contribution in [0, 0.1) is 0 Å². The van der Waals surface area contributed by atoms with E-state index in [1.54, 1.807) is 11.3 Å². The molecule has 0 saturated heterocycles. The first-order valence-corrected chi connectivity index (χ1v) is 6.07. The first-order valence-electron chi connectivity index (χ1n) is 5.19. The largest absolute Gasteiger partial charge is 0.348 e. The molecule has 1 fully saturated rings.